The summed E-state index contributed by atoms with van der Waals surface area (Å²) in [6, 6.07) is 3.41. The molecule has 0 saturated carbocycles. The maximum absolute atomic E-state index is 11.8. The summed E-state index contributed by atoms with van der Waals surface area (Å²) in [5.41, 5.74) is 0.568. The number of amides is 1. The number of ether oxygens (including phenoxy) is 1. The maximum Gasteiger partial charge on any atom is 0.251 e. The molecule has 3 rings (SSSR count). The van der Waals surface area contributed by atoms with E-state index >= 15 is 0 Å². The van der Waals surface area contributed by atoms with Gasteiger partial charge in [0.2, 0.25) is 5.88 Å². The van der Waals surface area contributed by atoms with Gasteiger partial charge >= 0.3 is 0 Å². The van der Waals surface area contributed by atoms with E-state index in [2.05, 4.69) is 33.9 Å². The molecule has 1 aliphatic heterocycles. The van der Waals surface area contributed by atoms with E-state index in [1.165, 1.54) is 12.8 Å². The molecule has 5 heteroatoms. The van der Waals surface area contributed by atoms with Gasteiger partial charge in [-0.25, -0.2) is 4.98 Å². The van der Waals surface area contributed by atoms with Crippen LogP contribution in [-0.2, 0) is 0 Å². The van der Waals surface area contributed by atoms with E-state index in [1.54, 1.807) is 25.4 Å². The lowest BCUT2D eigenvalue weighted by Gasteiger charge is -2.24. The molecule has 0 radical (unpaired) electrons. The molecule has 140 valence electrons. The summed E-state index contributed by atoms with van der Waals surface area (Å²) in [4.78, 5) is 18.6. The van der Waals surface area contributed by atoms with Crippen LogP contribution in [0, 0.1) is 11.8 Å². The number of nitrogens with zero attached hydrogens (tertiary/aromatic N) is 2. The van der Waals surface area contributed by atoms with Gasteiger partial charge in [-0.3, -0.25) is 9.69 Å². The summed E-state index contributed by atoms with van der Waals surface area (Å²) in [5, 5.41) is 2.63. The van der Waals surface area contributed by atoms with Crippen LogP contribution < -0.4 is 10.1 Å². The van der Waals surface area contributed by atoms with Crippen molar-refractivity contribution in [3.05, 3.63) is 48.7 Å². The van der Waals surface area contributed by atoms with E-state index in [1.807, 2.05) is 6.08 Å². The average Bonchev–Trinajstić information content (AvgIpc) is 3.08. The third kappa shape index (κ3) is 4.73. The van der Waals surface area contributed by atoms with Crippen LogP contribution in [0.2, 0.25) is 0 Å². The topological polar surface area (TPSA) is 54.5 Å². The van der Waals surface area contributed by atoms with Crippen LogP contribution in [0.1, 0.15) is 36.0 Å². The highest BCUT2D eigenvalue weighted by Crippen LogP contribution is 2.33. The number of carbonyl (C=O) groups is 1. The fraction of sp³-hybridized carbons (Fsp3) is 0.524. The number of hydrogen-bond acceptors (Lipinski definition) is 4. The Morgan fingerprint density at radius 2 is 2.15 bits per heavy atom. The minimum atomic E-state index is -0.129. The molecule has 0 aromatic carbocycles. The number of fused-ring (bicyclic) bond motifs is 1. The summed E-state index contributed by atoms with van der Waals surface area (Å²) >= 11 is 0. The lowest BCUT2D eigenvalue weighted by molar-refractivity contribution is 0.0960. The van der Waals surface area contributed by atoms with Crippen molar-refractivity contribution in [2.75, 3.05) is 26.7 Å². The molecule has 1 N–H and O–H groups in total. The van der Waals surface area contributed by atoms with Crippen LogP contribution in [0.5, 0.6) is 5.88 Å². The van der Waals surface area contributed by atoms with Crippen LogP contribution in [-0.4, -0.2) is 48.6 Å². The second-order valence-corrected chi connectivity index (χ2v) is 7.25. The second-order valence-electron chi connectivity index (χ2n) is 7.25. The van der Waals surface area contributed by atoms with Gasteiger partial charge in [-0.05, 0) is 43.6 Å². The van der Waals surface area contributed by atoms with E-state index in [0.29, 0.717) is 11.4 Å². The van der Waals surface area contributed by atoms with Crippen molar-refractivity contribution in [1.29, 1.82) is 0 Å². The number of pyridine rings is 1. The summed E-state index contributed by atoms with van der Waals surface area (Å²) in [6.45, 7) is 7.02. The average molecular weight is 355 g/mol. The Labute approximate surface area is 156 Å². The summed E-state index contributed by atoms with van der Waals surface area (Å²) in [5.74, 6) is 1.96. The van der Waals surface area contributed by atoms with Crippen molar-refractivity contribution in [2.24, 2.45) is 11.8 Å². The molecule has 26 heavy (non-hydrogen) atoms. The molecule has 1 unspecified atom stereocenters. The van der Waals surface area contributed by atoms with Gasteiger partial charge in [0.25, 0.3) is 5.91 Å². The Hall–Kier alpha value is -2.14. The molecule has 1 aromatic rings. The molecule has 1 amide bonds. The van der Waals surface area contributed by atoms with Crippen molar-refractivity contribution in [1.82, 2.24) is 15.2 Å². The number of carbonyl (C=O) groups excluding carboxylic acids is 1. The van der Waals surface area contributed by atoms with Crippen molar-refractivity contribution >= 4 is 5.91 Å². The van der Waals surface area contributed by atoms with E-state index in [9.17, 15) is 4.79 Å². The highest BCUT2D eigenvalue weighted by atomic mass is 16.5. The molecular formula is C21H29N3O2. The Morgan fingerprint density at radius 3 is 2.81 bits per heavy atom. The van der Waals surface area contributed by atoms with Gasteiger partial charge in [0.05, 0.1) is 0 Å². The molecule has 1 aromatic heterocycles. The first-order chi connectivity index (χ1) is 12.7. The van der Waals surface area contributed by atoms with Gasteiger partial charge in [0.1, 0.15) is 6.10 Å². The van der Waals surface area contributed by atoms with Gasteiger partial charge in [0.15, 0.2) is 0 Å². The first kappa shape index (κ1) is 18.6. The highest BCUT2D eigenvalue weighted by molar-refractivity contribution is 5.94. The van der Waals surface area contributed by atoms with Crippen molar-refractivity contribution in [3.8, 4) is 5.88 Å². The van der Waals surface area contributed by atoms with Crippen LogP contribution in [0.25, 0.3) is 0 Å². The molecule has 0 bridgehead atoms. The Bertz CT molecular complexity index is 642. The third-order valence-corrected chi connectivity index (χ3v) is 5.36. The number of allylic oxidation sites excluding steroid dienone is 3. The van der Waals surface area contributed by atoms with Gasteiger partial charge in [0, 0.05) is 44.5 Å². The lowest BCUT2D eigenvalue weighted by Crippen LogP contribution is -2.34. The number of hydrogen-bond donors (Lipinski definition) is 1. The molecule has 0 spiro atoms. The first-order valence-electron chi connectivity index (χ1n) is 9.52. The van der Waals surface area contributed by atoms with Gasteiger partial charge in [-0.15, -0.1) is 6.58 Å². The fourth-order valence-corrected chi connectivity index (χ4v) is 3.97. The number of rotatable bonds is 8. The van der Waals surface area contributed by atoms with Crippen LogP contribution in [0.15, 0.2) is 43.1 Å². The first-order valence-corrected chi connectivity index (χ1v) is 9.52. The molecule has 2 heterocycles. The van der Waals surface area contributed by atoms with Gasteiger partial charge in [-0.1, -0.05) is 18.2 Å². The monoisotopic (exact) mass is 355 g/mol. The van der Waals surface area contributed by atoms with Crippen LogP contribution >= 0.6 is 0 Å². The zero-order chi connectivity index (χ0) is 18.4. The van der Waals surface area contributed by atoms with Crippen LogP contribution in [0.4, 0.5) is 0 Å². The zero-order valence-electron chi connectivity index (χ0n) is 15.6. The number of nitrogens with one attached hydrogen (secondary N) is 1. The third-order valence-electron chi connectivity index (χ3n) is 5.36. The lowest BCUT2D eigenvalue weighted by atomic mass is 9.86. The number of likely N-dealkylation sites (tertiary alicyclic amines) is 1. The maximum atomic E-state index is 11.8. The summed E-state index contributed by atoms with van der Waals surface area (Å²) in [6.07, 6.45) is 12.5. The standard InChI is InChI=1S/C21H29N3O2/c1-3-4-9-19(15-24-13-17-7-5-6-8-18(17)14-24)26-20-12-16(10-11-23-20)21(25)22-2/h3,5-6,10-12,17-19H,1,4,7-9,13-15H2,2H3,(H,22,25)/t17-,18+,19?. The van der Waals surface area contributed by atoms with Gasteiger partial charge < -0.3 is 10.1 Å². The van der Waals surface area contributed by atoms with Crippen molar-refractivity contribution in [3.63, 3.8) is 0 Å². The van der Waals surface area contributed by atoms with Crippen LogP contribution in [0.3, 0.4) is 0 Å². The smallest absolute Gasteiger partial charge is 0.251 e. The fourth-order valence-electron chi connectivity index (χ4n) is 3.97. The van der Waals surface area contributed by atoms with Crippen molar-refractivity contribution < 1.29 is 9.53 Å². The normalized spacial score (nSPS) is 23.3. The molecule has 3 atom stereocenters. The summed E-state index contributed by atoms with van der Waals surface area (Å²) in [7, 11) is 1.62. The largest absolute Gasteiger partial charge is 0.473 e. The van der Waals surface area contributed by atoms with E-state index < -0.39 is 0 Å². The number of aromatic nitrogens is 1. The molecule has 2 aliphatic rings. The minimum Gasteiger partial charge on any atom is -0.473 e. The van der Waals surface area contributed by atoms with E-state index in [0.717, 1.165) is 44.3 Å². The molecular weight excluding hydrogens is 326 g/mol. The minimum absolute atomic E-state index is 0.0496. The predicted molar refractivity (Wildman–Crippen MR) is 103 cm³/mol. The molecule has 5 nitrogen and oxygen atoms in total. The zero-order valence-corrected chi connectivity index (χ0v) is 15.6. The summed E-state index contributed by atoms with van der Waals surface area (Å²) < 4.78 is 6.17. The Balaban J connectivity index is 1.63. The van der Waals surface area contributed by atoms with E-state index in [-0.39, 0.29) is 12.0 Å². The van der Waals surface area contributed by atoms with Gasteiger partial charge in [-0.2, -0.15) is 0 Å². The molecule has 1 aliphatic carbocycles. The predicted octanol–water partition coefficient (Wildman–Crippen LogP) is 3.05. The molecule has 1 fully saturated rings. The van der Waals surface area contributed by atoms with Crippen molar-refractivity contribution in [2.45, 2.75) is 31.8 Å². The SMILES string of the molecule is C=CCCC(CN1C[C@H]2CC=CC[C@H]2C1)Oc1cc(C(=O)NC)ccn1. The van der Waals surface area contributed by atoms with E-state index in [4.69, 9.17) is 4.74 Å². The molecule has 1 saturated heterocycles. The highest BCUT2D eigenvalue weighted by Gasteiger charge is 2.33. The Morgan fingerprint density at radius 1 is 1.42 bits per heavy atom. The quantitative estimate of drug-likeness (QED) is 0.728. The second kappa shape index (κ2) is 8.99. The Kier molecular flexibility index (Phi) is 6.45.